The molecule has 1 aromatic rings. The Hall–Kier alpha value is -1.53. The van der Waals surface area contributed by atoms with Crippen molar-refractivity contribution >= 4 is 5.97 Å². The molecule has 0 fully saturated rings. The molecule has 0 saturated carbocycles. The molecule has 0 aliphatic heterocycles. The molecular weight excluding hydrogens is 213 g/mol. The molecule has 1 atom stereocenters. The van der Waals surface area contributed by atoms with Gasteiger partial charge in [0.15, 0.2) is 5.69 Å². The Labute approximate surface area is 83.6 Å². The predicted molar refractivity (Wildman–Crippen MR) is 44.0 cm³/mol. The zero-order chi connectivity index (χ0) is 11.6. The van der Waals surface area contributed by atoms with Crippen molar-refractivity contribution in [2.45, 2.75) is 19.1 Å². The van der Waals surface area contributed by atoms with Crippen molar-refractivity contribution in [1.29, 1.82) is 0 Å². The molecule has 0 aromatic carbocycles. The highest BCUT2D eigenvalue weighted by Gasteiger charge is 2.34. The van der Waals surface area contributed by atoms with Crippen molar-refractivity contribution in [3.05, 3.63) is 18.0 Å². The minimum absolute atomic E-state index is 0.646. The van der Waals surface area contributed by atoms with Gasteiger partial charge in [0.2, 0.25) is 0 Å². The smallest absolute Gasteiger partial charge is 0.435 e. The number of halogens is 3. The molecule has 0 spiro atoms. The van der Waals surface area contributed by atoms with E-state index in [0.717, 1.165) is 24.1 Å². The molecule has 7 heteroatoms. The number of alkyl halides is 3. The van der Waals surface area contributed by atoms with Crippen LogP contribution in [0.2, 0.25) is 0 Å². The molecule has 0 radical (unpaired) electrons. The minimum Gasteiger partial charge on any atom is -0.467 e. The summed E-state index contributed by atoms with van der Waals surface area (Å²) in [4.78, 5) is 11.0. The van der Waals surface area contributed by atoms with E-state index < -0.39 is 23.9 Å². The van der Waals surface area contributed by atoms with Crippen LogP contribution in [-0.2, 0) is 15.7 Å². The molecule has 4 nitrogen and oxygen atoms in total. The quantitative estimate of drug-likeness (QED) is 0.714. The van der Waals surface area contributed by atoms with Crippen molar-refractivity contribution < 1.29 is 22.7 Å². The van der Waals surface area contributed by atoms with E-state index in [1.54, 1.807) is 0 Å². The maximum absolute atomic E-state index is 12.2. The lowest BCUT2D eigenvalue weighted by atomic mass is 10.3. The second kappa shape index (κ2) is 3.92. The number of nitrogens with zero attached hydrogens (tertiary/aromatic N) is 2. The summed E-state index contributed by atoms with van der Waals surface area (Å²) in [5.41, 5.74) is -1.03. The third-order valence-electron chi connectivity index (χ3n) is 1.84. The molecule has 0 bridgehead atoms. The fraction of sp³-hybridized carbons (Fsp3) is 0.500. The average Bonchev–Trinajstić information content (AvgIpc) is 2.63. The van der Waals surface area contributed by atoms with Crippen LogP contribution in [0.1, 0.15) is 18.7 Å². The van der Waals surface area contributed by atoms with Gasteiger partial charge in [0.1, 0.15) is 6.04 Å². The number of carbonyl (C=O) groups excluding carboxylic acids is 1. The molecular formula is C8H9F3N2O2. The number of rotatable bonds is 2. The van der Waals surface area contributed by atoms with Gasteiger partial charge in [-0.3, -0.25) is 4.68 Å². The Morgan fingerprint density at radius 3 is 2.60 bits per heavy atom. The summed E-state index contributed by atoms with van der Waals surface area (Å²) in [6.07, 6.45) is -3.41. The highest BCUT2D eigenvalue weighted by molar-refractivity contribution is 5.73. The lowest BCUT2D eigenvalue weighted by Gasteiger charge is -2.09. The molecule has 0 aliphatic rings. The van der Waals surface area contributed by atoms with E-state index in [2.05, 4.69) is 9.84 Å². The van der Waals surface area contributed by atoms with Crippen LogP contribution in [0.5, 0.6) is 0 Å². The first-order chi connectivity index (χ1) is 6.86. The molecule has 0 amide bonds. The summed E-state index contributed by atoms with van der Waals surface area (Å²) < 4.78 is 41.8. The molecule has 1 heterocycles. The van der Waals surface area contributed by atoms with Gasteiger partial charge in [0.05, 0.1) is 7.11 Å². The van der Waals surface area contributed by atoms with Gasteiger partial charge in [0.25, 0.3) is 0 Å². The number of hydrogen-bond acceptors (Lipinski definition) is 3. The summed E-state index contributed by atoms with van der Waals surface area (Å²) in [6, 6.07) is -0.0644. The highest BCUT2D eigenvalue weighted by Crippen LogP contribution is 2.27. The summed E-state index contributed by atoms with van der Waals surface area (Å²) in [5.74, 6) is -0.646. The summed E-state index contributed by atoms with van der Waals surface area (Å²) in [6.45, 7) is 1.40. The molecule has 0 saturated heterocycles. The van der Waals surface area contributed by atoms with E-state index in [1.165, 1.54) is 6.92 Å². The number of carbonyl (C=O) groups is 1. The van der Waals surface area contributed by atoms with Crippen LogP contribution in [0.25, 0.3) is 0 Å². The van der Waals surface area contributed by atoms with Crippen LogP contribution in [-0.4, -0.2) is 22.9 Å². The number of ether oxygens (including phenoxy) is 1. The Kier molecular flexibility index (Phi) is 3.01. The van der Waals surface area contributed by atoms with E-state index in [9.17, 15) is 18.0 Å². The first-order valence-electron chi connectivity index (χ1n) is 4.06. The number of methoxy groups -OCH3 is 1. The first-order valence-corrected chi connectivity index (χ1v) is 4.06. The van der Waals surface area contributed by atoms with Gasteiger partial charge < -0.3 is 4.74 Å². The van der Waals surface area contributed by atoms with Gasteiger partial charge in [-0.1, -0.05) is 0 Å². The topological polar surface area (TPSA) is 44.1 Å². The Morgan fingerprint density at radius 1 is 1.60 bits per heavy atom. The Bertz CT molecular complexity index is 359. The van der Waals surface area contributed by atoms with E-state index >= 15 is 0 Å². The monoisotopic (exact) mass is 222 g/mol. The standard InChI is InChI=1S/C8H9F3N2O2/c1-5(7(14)15-2)13-4-3-6(12-13)8(9,10)11/h3-5H,1-2H3. The number of aromatic nitrogens is 2. The maximum atomic E-state index is 12.2. The SMILES string of the molecule is COC(=O)C(C)n1ccc(C(F)(F)F)n1. The number of hydrogen-bond donors (Lipinski definition) is 0. The summed E-state index contributed by atoms with van der Waals surface area (Å²) in [7, 11) is 1.16. The van der Waals surface area contributed by atoms with Crippen LogP contribution in [0.3, 0.4) is 0 Å². The van der Waals surface area contributed by atoms with Gasteiger partial charge in [-0.2, -0.15) is 18.3 Å². The van der Waals surface area contributed by atoms with Gasteiger partial charge >= 0.3 is 12.1 Å². The zero-order valence-corrected chi connectivity index (χ0v) is 8.08. The largest absolute Gasteiger partial charge is 0.467 e. The average molecular weight is 222 g/mol. The molecule has 1 aromatic heterocycles. The minimum atomic E-state index is -4.50. The van der Waals surface area contributed by atoms with E-state index in [1.807, 2.05) is 0 Å². The van der Waals surface area contributed by atoms with Crippen LogP contribution in [0.15, 0.2) is 12.3 Å². The molecule has 1 unspecified atom stereocenters. The van der Waals surface area contributed by atoms with E-state index in [0.29, 0.717) is 0 Å². The third kappa shape index (κ3) is 2.48. The fourth-order valence-corrected chi connectivity index (χ4v) is 0.983. The summed E-state index contributed by atoms with van der Waals surface area (Å²) >= 11 is 0. The highest BCUT2D eigenvalue weighted by atomic mass is 19.4. The van der Waals surface area contributed by atoms with Crippen molar-refractivity contribution in [1.82, 2.24) is 9.78 Å². The van der Waals surface area contributed by atoms with Crippen molar-refractivity contribution in [2.75, 3.05) is 7.11 Å². The van der Waals surface area contributed by atoms with Crippen molar-refractivity contribution in [3.63, 3.8) is 0 Å². The van der Waals surface area contributed by atoms with Gasteiger partial charge in [0, 0.05) is 6.20 Å². The van der Waals surface area contributed by atoms with E-state index in [4.69, 9.17) is 0 Å². The maximum Gasteiger partial charge on any atom is 0.435 e. The second-order valence-corrected chi connectivity index (χ2v) is 2.88. The fourth-order valence-electron chi connectivity index (χ4n) is 0.983. The molecule has 1 rings (SSSR count). The lowest BCUT2D eigenvalue weighted by Crippen LogP contribution is -2.19. The Morgan fingerprint density at radius 2 is 2.20 bits per heavy atom. The van der Waals surface area contributed by atoms with Crippen LogP contribution in [0, 0.1) is 0 Å². The third-order valence-corrected chi connectivity index (χ3v) is 1.84. The van der Waals surface area contributed by atoms with Crippen LogP contribution >= 0.6 is 0 Å². The lowest BCUT2D eigenvalue weighted by molar-refractivity contribution is -0.146. The predicted octanol–water partition coefficient (Wildman–Crippen LogP) is 1.64. The van der Waals surface area contributed by atoms with Gasteiger partial charge in [-0.05, 0) is 13.0 Å². The molecule has 84 valence electrons. The van der Waals surface area contributed by atoms with Gasteiger partial charge in [-0.15, -0.1) is 0 Å². The van der Waals surface area contributed by atoms with Crippen molar-refractivity contribution in [3.8, 4) is 0 Å². The first kappa shape index (κ1) is 11.5. The Balaban J connectivity index is 2.89. The molecule has 0 aliphatic carbocycles. The number of esters is 1. The van der Waals surface area contributed by atoms with Gasteiger partial charge in [-0.25, -0.2) is 4.79 Å². The van der Waals surface area contributed by atoms with Crippen molar-refractivity contribution in [2.24, 2.45) is 0 Å². The van der Waals surface area contributed by atoms with E-state index in [-0.39, 0.29) is 0 Å². The normalized spacial score (nSPS) is 13.7. The van der Waals surface area contributed by atoms with Crippen LogP contribution in [0.4, 0.5) is 13.2 Å². The van der Waals surface area contributed by atoms with Crippen LogP contribution < -0.4 is 0 Å². The molecule has 0 N–H and O–H groups in total. The zero-order valence-electron chi connectivity index (χ0n) is 8.08. The second-order valence-electron chi connectivity index (χ2n) is 2.88. The summed E-state index contributed by atoms with van der Waals surface area (Å²) in [5, 5.41) is 3.24. The molecule has 15 heavy (non-hydrogen) atoms.